The summed E-state index contributed by atoms with van der Waals surface area (Å²) in [6.45, 7) is 4.20. The third-order valence-corrected chi connectivity index (χ3v) is 3.81. The smallest absolute Gasteiger partial charge is 0.205 e. The Morgan fingerprint density at radius 2 is 1.79 bits per heavy atom. The number of H-pyrrole nitrogens is 1. The van der Waals surface area contributed by atoms with Crippen molar-refractivity contribution in [3.05, 3.63) is 52.0 Å². The number of anilines is 2. The van der Waals surface area contributed by atoms with Crippen LogP contribution in [0.5, 0.6) is 0 Å². The standard InChI is InChI=1S/C15H14BrN3/c1-9-3-8-13-14(10(9)2)19-15(18-13)17-12-6-4-11(16)5-7-12/h3-8H,1-2H3,(H2,17,18,19). The molecule has 0 amide bonds. The molecular formula is C15H14BrN3. The summed E-state index contributed by atoms with van der Waals surface area (Å²) in [5.41, 5.74) is 5.57. The van der Waals surface area contributed by atoms with Crippen molar-refractivity contribution in [2.75, 3.05) is 5.32 Å². The van der Waals surface area contributed by atoms with E-state index in [0.717, 1.165) is 27.1 Å². The third-order valence-electron chi connectivity index (χ3n) is 3.29. The molecule has 0 atom stereocenters. The molecule has 0 saturated carbocycles. The average molecular weight is 316 g/mol. The van der Waals surface area contributed by atoms with Crippen molar-refractivity contribution in [2.45, 2.75) is 13.8 Å². The largest absolute Gasteiger partial charge is 0.326 e. The maximum atomic E-state index is 4.61. The van der Waals surface area contributed by atoms with Crippen LogP contribution in [0.4, 0.5) is 11.6 Å². The molecule has 3 nitrogen and oxygen atoms in total. The number of rotatable bonds is 2. The molecule has 0 aliphatic heterocycles. The van der Waals surface area contributed by atoms with Gasteiger partial charge in [0.05, 0.1) is 11.0 Å². The van der Waals surface area contributed by atoms with Crippen LogP contribution in [0.2, 0.25) is 0 Å². The molecule has 0 fully saturated rings. The first kappa shape index (κ1) is 12.2. The molecule has 96 valence electrons. The monoisotopic (exact) mass is 315 g/mol. The van der Waals surface area contributed by atoms with Crippen molar-refractivity contribution >= 4 is 38.6 Å². The van der Waals surface area contributed by atoms with Gasteiger partial charge in [-0.2, -0.15) is 0 Å². The number of halogens is 1. The van der Waals surface area contributed by atoms with Gasteiger partial charge in [-0.05, 0) is 55.3 Å². The lowest BCUT2D eigenvalue weighted by atomic mass is 10.1. The van der Waals surface area contributed by atoms with E-state index in [9.17, 15) is 0 Å². The number of imidazole rings is 1. The van der Waals surface area contributed by atoms with Crippen LogP contribution in [-0.4, -0.2) is 9.97 Å². The van der Waals surface area contributed by atoms with E-state index in [1.54, 1.807) is 0 Å². The molecule has 0 saturated heterocycles. The Hall–Kier alpha value is -1.81. The second kappa shape index (κ2) is 4.70. The topological polar surface area (TPSA) is 40.7 Å². The van der Waals surface area contributed by atoms with Crippen LogP contribution in [0.15, 0.2) is 40.9 Å². The summed E-state index contributed by atoms with van der Waals surface area (Å²) < 4.78 is 1.06. The highest BCUT2D eigenvalue weighted by Crippen LogP contribution is 2.23. The van der Waals surface area contributed by atoms with Crippen molar-refractivity contribution < 1.29 is 0 Å². The molecule has 1 heterocycles. The minimum absolute atomic E-state index is 0.769. The van der Waals surface area contributed by atoms with Crippen LogP contribution in [0.3, 0.4) is 0 Å². The van der Waals surface area contributed by atoms with Gasteiger partial charge in [-0.1, -0.05) is 22.0 Å². The highest BCUT2D eigenvalue weighted by molar-refractivity contribution is 9.10. The van der Waals surface area contributed by atoms with E-state index in [-0.39, 0.29) is 0 Å². The summed E-state index contributed by atoms with van der Waals surface area (Å²) in [5.74, 6) is 0.769. The normalized spacial score (nSPS) is 10.9. The fourth-order valence-corrected chi connectivity index (χ4v) is 2.31. The number of nitrogens with zero attached hydrogens (tertiary/aromatic N) is 1. The molecule has 0 aliphatic rings. The van der Waals surface area contributed by atoms with Crippen molar-refractivity contribution in [2.24, 2.45) is 0 Å². The molecule has 0 bridgehead atoms. The molecule has 0 unspecified atom stereocenters. The van der Waals surface area contributed by atoms with Crippen LogP contribution in [0, 0.1) is 13.8 Å². The van der Waals surface area contributed by atoms with E-state index in [2.05, 4.69) is 57.2 Å². The maximum Gasteiger partial charge on any atom is 0.205 e. The number of benzene rings is 2. The zero-order valence-electron chi connectivity index (χ0n) is 10.8. The van der Waals surface area contributed by atoms with Crippen molar-refractivity contribution in [3.8, 4) is 0 Å². The first-order chi connectivity index (χ1) is 9.13. The quantitative estimate of drug-likeness (QED) is 0.720. The van der Waals surface area contributed by atoms with E-state index in [1.165, 1.54) is 11.1 Å². The maximum absolute atomic E-state index is 4.61. The molecule has 3 rings (SSSR count). The van der Waals surface area contributed by atoms with E-state index < -0.39 is 0 Å². The summed E-state index contributed by atoms with van der Waals surface area (Å²) in [5, 5.41) is 3.28. The number of aromatic nitrogens is 2. The van der Waals surface area contributed by atoms with E-state index in [1.807, 2.05) is 24.3 Å². The Morgan fingerprint density at radius 3 is 2.53 bits per heavy atom. The Kier molecular flexibility index (Phi) is 3.03. The molecule has 2 aromatic carbocycles. The number of aromatic amines is 1. The van der Waals surface area contributed by atoms with Crippen LogP contribution >= 0.6 is 15.9 Å². The number of hydrogen-bond donors (Lipinski definition) is 2. The van der Waals surface area contributed by atoms with Gasteiger partial charge >= 0.3 is 0 Å². The second-order valence-electron chi connectivity index (χ2n) is 4.62. The van der Waals surface area contributed by atoms with E-state index >= 15 is 0 Å². The van der Waals surface area contributed by atoms with Crippen molar-refractivity contribution in [1.29, 1.82) is 0 Å². The summed E-state index contributed by atoms with van der Waals surface area (Å²) >= 11 is 3.43. The molecule has 19 heavy (non-hydrogen) atoms. The second-order valence-corrected chi connectivity index (χ2v) is 5.54. The molecule has 0 radical (unpaired) electrons. The van der Waals surface area contributed by atoms with Gasteiger partial charge in [0, 0.05) is 10.2 Å². The van der Waals surface area contributed by atoms with Gasteiger partial charge in [0.1, 0.15) is 0 Å². The summed E-state index contributed by atoms with van der Waals surface area (Å²) in [6, 6.07) is 12.2. The molecule has 1 aromatic heterocycles. The van der Waals surface area contributed by atoms with Gasteiger partial charge in [0.15, 0.2) is 0 Å². The lowest BCUT2D eigenvalue weighted by Crippen LogP contribution is -1.91. The van der Waals surface area contributed by atoms with Crippen LogP contribution in [0.25, 0.3) is 11.0 Å². The van der Waals surface area contributed by atoms with Gasteiger partial charge in [0.25, 0.3) is 0 Å². The van der Waals surface area contributed by atoms with Crippen molar-refractivity contribution in [3.63, 3.8) is 0 Å². The zero-order chi connectivity index (χ0) is 13.4. The van der Waals surface area contributed by atoms with E-state index in [0.29, 0.717) is 0 Å². The van der Waals surface area contributed by atoms with Crippen LogP contribution in [0.1, 0.15) is 11.1 Å². The summed E-state index contributed by atoms with van der Waals surface area (Å²) in [7, 11) is 0. The van der Waals surface area contributed by atoms with Gasteiger partial charge in [-0.25, -0.2) is 4.98 Å². The minimum Gasteiger partial charge on any atom is -0.326 e. The summed E-state index contributed by atoms with van der Waals surface area (Å²) in [4.78, 5) is 7.91. The molecule has 0 spiro atoms. The number of fused-ring (bicyclic) bond motifs is 1. The Bertz CT molecular complexity index is 729. The lowest BCUT2D eigenvalue weighted by Gasteiger charge is -2.01. The number of nitrogens with one attached hydrogen (secondary N) is 2. The fourth-order valence-electron chi connectivity index (χ4n) is 2.04. The SMILES string of the molecule is Cc1ccc2[nH]c(Nc3ccc(Br)cc3)nc2c1C. The lowest BCUT2D eigenvalue weighted by molar-refractivity contribution is 1.30. The van der Waals surface area contributed by atoms with Gasteiger partial charge < -0.3 is 10.3 Å². The molecular weight excluding hydrogens is 302 g/mol. The fraction of sp³-hybridized carbons (Fsp3) is 0.133. The molecule has 4 heteroatoms. The predicted octanol–water partition coefficient (Wildman–Crippen LogP) is 4.69. The Balaban J connectivity index is 1.97. The third kappa shape index (κ3) is 2.36. The Labute approximate surface area is 120 Å². The van der Waals surface area contributed by atoms with Gasteiger partial charge in [-0.3, -0.25) is 0 Å². The number of hydrogen-bond acceptors (Lipinski definition) is 2. The number of aryl methyl sites for hydroxylation is 2. The minimum atomic E-state index is 0.769. The summed E-state index contributed by atoms with van der Waals surface area (Å²) in [6.07, 6.45) is 0. The average Bonchev–Trinajstić information content (AvgIpc) is 2.80. The predicted molar refractivity (Wildman–Crippen MR) is 83.0 cm³/mol. The molecule has 2 N–H and O–H groups in total. The van der Waals surface area contributed by atoms with E-state index in [4.69, 9.17) is 0 Å². The van der Waals surface area contributed by atoms with Crippen molar-refractivity contribution in [1.82, 2.24) is 9.97 Å². The molecule has 3 aromatic rings. The van der Waals surface area contributed by atoms with Crippen LogP contribution < -0.4 is 5.32 Å². The molecule has 0 aliphatic carbocycles. The first-order valence-corrected chi connectivity index (χ1v) is 6.91. The highest BCUT2D eigenvalue weighted by Gasteiger charge is 2.06. The van der Waals surface area contributed by atoms with Crippen LogP contribution in [-0.2, 0) is 0 Å². The Morgan fingerprint density at radius 1 is 1.05 bits per heavy atom. The van der Waals surface area contributed by atoms with Gasteiger partial charge in [0.2, 0.25) is 5.95 Å². The van der Waals surface area contributed by atoms with Gasteiger partial charge in [-0.15, -0.1) is 0 Å². The highest BCUT2D eigenvalue weighted by atomic mass is 79.9. The zero-order valence-corrected chi connectivity index (χ0v) is 12.4. The first-order valence-electron chi connectivity index (χ1n) is 6.12.